The average Bonchev–Trinajstić information content (AvgIpc) is 3.25. The molecule has 0 aliphatic carbocycles. The zero-order valence-corrected chi connectivity index (χ0v) is 19.6. The molecular weight excluding hydrogens is 454 g/mol. The highest BCUT2D eigenvalue weighted by molar-refractivity contribution is 7.80. The van der Waals surface area contributed by atoms with Crippen molar-refractivity contribution >= 4 is 50.5 Å². The molecule has 0 atom stereocenters. The molecule has 0 radical (unpaired) electrons. The molecule has 0 bridgehead atoms. The van der Waals surface area contributed by atoms with Crippen molar-refractivity contribution in [3.8, 4) is 22.1 Å². The number of benzene rings is 3. The van der Waals surface area contributed by atoms with Gasteiger partial charge in [-0.2, -0.15) is 0 Å². The van der Waals surface area contributed by atoms with E-state index in [1.165, 1.54) is 11.3 Å². The van der Waals surface area contributed by atoms with Crippen LogP contribution in [0.15, 0.2) is 66.7 Å². The number of nitrogens with zero attached hydrogens (tertiary/aromatic N) is 1. The van der Waals surface area contributed by atoms with E-state index in [4.69, 9.17) is 17.0 Å². The zero-order valence-electron chi connectivity index (χ0n) is 18.0. The number of ether oxygens (including phenoxy) is 1. The van der Waals surface area contributed by atoms with Gasteiger partial charge in [0, 0.05) is 11.3 Å². The summed E-state index contributed by atoms with van der Waals surface area (Å²) >= 11 is 6.81. The van der Waals surface area contributed by atoms with Crippen molar-refractivity contribution in [1.82, 2.24) is 10.3 Å². The third kappa shape index (κ3) is 5.66. The van der Waals surface area contributed by atoms with E-state index in [1.807, 2.05) is 24.3 Å². The summed E-state index contributed by atoms with van der Waals surface area (Å²) in [5.41, 5.74) is 2.57. The first-order valence-corrected chi connectivity index (χ1v) is 11.8. The van der Waals surface area contributed by atoms with Crippen molar-refractivity contribution in [3.05, 3.63) is 72.3 Å². The van der Waals surface area contributed by atoms with Crippen LogP contribution in [0.25, 0.3) is 20.8 Å². The lowest BCUT2D eigenvalue weighted by molar-refractivity contribution is 0.0977. The van der Waals surface area contributed by atoms with Gasteiger partial charge in [-0.1, -0.05) is 25.5 Å². The van der Waals surface area contributed by atoms with E-state index in [-0.39, 0.29) is 16.8 Å². The summed E-state index contributed by atoms with van der Waals surface area (Å²) in [7, 11) is 0. The molecule has 33 heavy (non-hydrogen) atoms. The van der Waals surface area contributed by atoms with Crippen molar-refractivity contribution in [1.29, 1.82) is 0 Å². The highest BCUT2D eigenvalue weighted by Gasteiger charge is 2.13. The van der Waals surface area contributed by atoms with Gasteiger partial charge in [0.15, 0.2) is 5.11 Å². The number of hydrogen-bond donors (Lipinski definition) is 3. The number of fused-ring (bicyclic) bond motifs is 1. The van der Waals surface area contributed by atoms with Crippen molar-refractivity contribution < 1.29 is 14.6 Å². The Bertz CT molecular complexity index is 1250. The summed E-state index contributed by atoms with van der Waals surface area (Å²) < 4.78 is 6.66. The Morgan fingerprint density at radius 2 is 1.91 bits per heavy atom. The number of aromatic hydroxyl groups is 1. The largest absolute Gasteiger partial charge is 0.507 e. The molecule has 1 amide bonds. The first kappa shape index (κ1) is 22.7. The first-order chi connectivity index (χ1) is 16.0. The molecule has 1 aromatic heterocycles. The van der Waals surface area contributed by atoms with Crippen LogP contribution in [-0.2, 0) is 0 Å². The number of para-hydroxylation sites is 1. The summed E-state index contributed by atoms with van der Waals surface area (Å²) in [6.07, 6.45) is 2.05. The van der Waals surface area contributed by atoms with Crippen molar-refractivity contribution in [3.63, 3.8) is 0 Å². The van der Waals surface area contributed by atoms with Gasteiger partial charge in [0.05, 0.1) is 22.4 Å². The molecule has 0 unspecified atom stereocenters. The second-order valence-electron chi connectivity index (χ2n) is 7.35. The van der Waals surface area contributed by atoms with E-state index in [2.05, 4.69) is 22.5 Å². The van der Waals surface area contributed by atoms with Gasteiger partial charge in [-0.3, -0.25) is 10.1 Å². The van der Waals surface area contributed by atoms with Crippen molar-refractivity contribution in [2.45, 2.75) is 19.8 Å². The number of carbonyl (C=O) groups excluding carboxylic acids is 1. The minimum atomic E-state index is -0.321. The highest BCUT2D eigenvalue weighted by Crippen LogP contribution is 2.36. The lowest BCUT2D eigenvalue weighted by Gasteiger charge is -2.11. The van der Waals surface area contributed by atoms with Gasteiger partial charge in [-0.05, 0) is 73.2 Å². The number of thiocarbonyl (C=S) groups is 1. The van der Waals surface area contributed by atoms with E-state index in [9.17, 15) is 9.90 Å². The van der Waals surface area contributed by atoms with Crippen LogP contribution in [0.5, 0.6) is 11.5 Å². The molecule has 8 heteroatoms. The van der Waals surface area contributed by atoms with E-state index in [1.54, 1.807) is 42.5 Å². The van der Waals surface area contributed by atoms with E-state index >= 15 is 0 Å². The Kier molecular flexibility index (Phi) is 7.16. The smallest absolute Gasteiger partial charge is 0.257 e. The quantitative estimate of drug-likeness (QED) is 0.173. The molecule has 0 aliphatic heterocycles. The maximum Gasteiger partial charge on any atom is 0.257 e. The maximum atomic E-state index is 12.5. The molecule has 0 fully saturated rings. The number of phenols is 1. The summed E-state index contributed by atoms with van der Waals surface area (Å²) in [4.78, 5) is 17.1. The van der Waals surface area contributed by atoms with Crippen LogP contribution in [0, 0.1) is 0 Å². The normalized spacial score (nSPS) is 10.7. The first-order valence-electron chi connectivity index (χ1n) is 10.6. The molecule has 4 rings (SSSR count). The number of aromatic nitrogens is 1. The predicted molar refractivity (Wildman–Crippen MR) is 137 cm³/mol. The fourth-order valence-corrected chi connectivity index (χ4v) is 4.35. The molecule has 0 saturated heterocycles. The Balaban J connectivity index is 1.41. The number of phenolic OH excluding ortho intramolecular Hbond substituents is 1. The van der Waals surface area contributed by atoms with E-state index in [0.29, 0.717) is 28.4 Å². The maximum absolute atomic E-state index is 12.5. The van der Waals surface area contributed by atoms with Gasteiger partial charge in [-0.15, -0.1) is 11.3 Å². The minimum Gasteiger partial charge on any atom is -0.507 e. The van der Waals surface area contributed by atoms with Crippen LogP contribution in [0.2, 0.25) is 0 Å². The molecule has 3 N–H and O–H groups in total. The second kappa shape index (κ2) is 10.4. The number of thiazole rings is 1. The number of anilines is 1. The van der Waals surface area contributed by atoms with Crippen LogP contribution in [0.1, 0.15) is 30.1 Å². The van der Waals surface area contributed by atoms with Gasteiger partial charge in [0.25, 0.3) is 5.91 Å². The molecule has 0 saturated carbocycles. The molecule has 6 nitrogen and oxygen atoms in total. The molecular formula is C25H23N3O3S2. The van der Waals surface area contributed by atoms with Crippen LogP contribution >= 0.6 is 23.6 Å². The lowest BCUT2D eigenvalue weighted by Crippen LogP contribution is -2.34. The second-order valence-corrected chi connectivity index (χ2v) is 8.79. The van der Waals surface area contributed by atoms with E-state index < -0.39 is 0 Å². The third-order valence-electron chi connectivity index (χ3n) is 4.89. The average molecular weight is 478 g/mol. The number of unbranched alkanes of at least 4 members (excludes halogenated alkanes) is 1. The molecule has 0 aliphatic rings. The monoisotopic (exact) mass is 477 g/mol. The van der Waals surface area contributed by atoms with Gasteiger partial charge >= 0.3 is 0 Å². The standard InChI is InChI=1S/C25H23N3O3S2/c1-2-3-14-31-18-11-8-16(9-12-18)23(30)28-25(32)26-17-10-13-21(29)19(15-17)24-27-20-6-4-5-7-22(20)33-24/h4-13,15,29H,2-3,14H2,1H3,(H2,26,28,30,32). The van der Waals surface area contributed by atoms with Crippen molar-refractivity contribution in [2.75, 3.05) is 11.9 Å². The van der Waals surface area contributed by atoms with Gasteiger partial charge in [-0.25, -0.2) is 4.98 Å². The Morgan fingerprint density at radius 1 is 1.12 bits per heavy atom. The third-order valence-corrected chi connectivity index (χ3v) is 6.16. The number of hydrogen-bond acceptors (Lipinski definition) is 6. The zero-order chi connectivity index (χ0) is 23.2. The molecule has 168 valence electrons. The van der Waals surface area contributed by atoms with Crippen LogP contribution in [0.3, 0.4) is 0 Å². The predicted octanol–water partition coefficient (Wildman–Crippen LogP) is 5.97. The van der Waals surface area contributed by atoms with Gasteiger partial charge in [0.1, 0.15) is 16.5 Å². The Hall–Kier alpha value is -3.49. The van der Waals surface area contributed by atoms with Crippen LogP contribution < -0.4 is 15.4 Å². The van der Waals surface area contributed by atoms with Gasteiger partial charge in [0.2, 0.25) is 0 Å². The summed E-state index contributed by atoms with van der Waals surface area (Å²) in [6.45, 7) is 2.76. The fourth-order valence-electron chi connectivity index (χ4n) is 3.15. The molecule has 4 aromatic rings. The fraction of sp³-hybridized carbons (Fsp3) is 0.160. The summed E-state index contributed by atoms with van der Waals surface area (Å²) in [5, 5.41) is 16.9. The van der Waals surface area contributed by atoms with Crippen LogP contribution in [-0.4, -0.2) is 27.7 Å². The molecule has 0 spiro atoms. The Labute approximate surface area is 201 Å². The minimum absolute atomic E-state index is 0.121. The summed E-state index contributed by atoms with van der Waals surface area (Å²) in [6, 6.07) is 19.8. The molecule has 3 aromatic carbocycles. The number of carbonyl (C=O) groups is 1. The number of nitrogens with one attached hydrogen (secondary N) is 2. The SMILES string of the molecule is CCCCOc1ccc(C(=O)NC(=S)Nc2ccc(O)c(-c3nc4ccccc4s3)c2)cc1. The van der Waals surface area contributed by atoms with E-state index in [0.717, 1.165) is 28.8 Å². The lowest BCUT2D eigenvalue weighted by atomic mass is 10.2. The number of rotatable bonds is 7. The highest BCUT2D eigenvalue weighted by atomic mass is 32.1. The van der Waals surface area contributed by atoms with Gasteiger partial charge < -0.3 is 15.2 Å². The Morgan fingerprint density at radius 3 is 2.67 bits per heavy atom. The van der Waals surface area contributed by atoms with Crippen LogP contribution in [0.4, 0.5) is 5.69 Å². The summed E-state index contributed by atoms with van der Waals surface area (Å²) in [5.74, 6) is 0.528. The molecule has 1 heterocycles. The van der Waals surface area contributed by atoms with Crippen molar-refractivity contribution in [2.24, 2.45) is 0 Å². The number of amides is 1. The topological polar surface area (TPSA) is 83.5 Å².